The van der Waals surface area contributed by atoms with Crippen LogP contribution in [0.3, 0.4) is 0 Å². The molecule has 2 rings (SSSR count). The maximum Gasteiger partial charge on any atom is 2.00 e. The van der Waals surface area contributed by atoms with E-state index in [0.29, 0.717) is 21.4 Å². The second-order valence-electron chi connectivity index (χ2n) is 3.46. The Morgan fingerprint density at radius 3 is 1.26 bits per heavy atom. The van der Waals surface area contributed by atoms with Gasteiger partial charge in [0.15, 0.2) is 0 Å². The first-order valence-corrected chi connectivity index (χ1v) is 5.69. The van der Waals surface area contributed by atoms with Crippen LogP contribution in [-0.2, 0) is 16.5 Å². The zero-order valence-corrected chi connectivity index (χ0v) is 12.2. The molecule has 0 aliphatic rings. The van der Waals surface area contributed by atoms with E-state index in [1.54, 1.807) is 24.3 Å². The van der Waals surface area contributed by atoms with E-state index >= 15 is 0 Å². The third-order valence-corrected chi connectivity index (χ3v) is 2.50. The van der Waals surface area contributed by atoms with Gasteiger partial charge < -0.3 is 22.9 Å². The number of benzene rings is 2. The van der Waals surface area contributed by atoms with Gasteiger partial charge in [-0.1, -0.05) is 35.3 Å². The quantitative estimate of drug-likeness (QED) is 0.507. The van der Waals surface area contributed by atoms with Crippen molar-refractivity contribution in [3.63, 3.8) is 0 Å². The molecule has 0 aliphatic carbocycles. The van der Waals surface area contributed by atoms with Crippen LogP contribution < -0.4 is 11.5 Å². The van der Waals surface area contributed by atoms with Crippen LogP contribution in [0.15, 0.2) is 36.4 Å². The largest absolute Gasteiger partial charge is 2.00 e. The molecule has 7 heteroatoms. The van der Waals surface area contributed by atoms with Crippen LogP contribution in [-0.4, -0.2) is 0 Å². The third kappa shape index (κ3) is 5.92. The van der Waals surface area contributed by atoms with Gasteiger partial charge in [0.2, 0.25) is 0 Å². The van der Waals surface area contributed by atoms with E-state index in [2.05, 4.69) is 0 Å². The SMILES string of the molecule is [NH-]c1cc(Cl)ccc1N.[NH-]c1cc(Cl)ccc1N.[Ni+2]. The van der Waals surface area contributed by atoms with Crippen molar-refractivity contribution in [2.24, 2.45) is 0 Å². The van der Waals surface area contributed by atoms with Gasteiger partial charge >= 0.3 is 16.5 Å². The van der Waals surface area contributed by atoms with Crippen LogP contribution in [0.25, 0.3) is 11.5 Å². The molecule has 19 heavy (non-hydrogen) atoms. The van der Waals surface area contributed by atoms with Crippen LogP contribution in [0.4, 0.5) is 22.7 Å². The number of hydrogen-bond acceptors (Lipinski definition) is 2. The van der Waals surface area contributed by atoms with Crippen LogP contribution in [0, 0.1) is 0 Å². The van der Waals surface area contributed by atoms with Crippen LogP contribution >= 0.6 is 23.2 Å². The average molecular weight is 342 g/mol. The van der Waals surface area contributed by atoms with Gasteiger partial charge in [0, 0.05) is 21.4 Å². The predicted octanol–water partition coefficient (Wildman–Crippen LogP) is 5.21. The van der Waals surface area contributed by atoms with Crippen molar-refractivity contribution in [1.82, 2.24) is 0 Å². The fraction of sp³-hybridized carbons (Fsp3) is 0. The first-order valence-electron chi connectivity index (χ1n) is 4.93. The van der Waals surface area contributed by atoms with Gasteiger partial charge in [0.05, 0.1) is 0 Å². The normalized spacial score (nSPS) is 8.95. The molecule has 0 heterocycles. The summed E-state index contributed by atoms with van der Waals surface area (Å²) in [6.45, 7) is 0. The Labute approximate surface area is 132 Å². The molecule has 0 spiro atoms. The predicted molar refractivity (Wildman–Crippen MR) is 79.7 cm³/mol. The van der Waals surface area contributed by atoms with Crippen molar-refractivity contribution in [2.75, 3.05) is 11.5 Å². The molecule has 0 bridgehead atoms. The van der Waals surface area contributed by atoms with E-state index in [-0.39, 0.29) is 27.9 Å². The first kappa shape index (κ1) is 17.7. The fourth-order valence-electron chi connectivity index (χ4n) is 1.06. The molecule has 0 saturated carbocycles. The molecular weight excluding hydrogens is 330 g/mol. The number of halogens is 2. The van der Waals surface area contributed by atoms with Gasteiger partial charge in [-0.05, 0) is 24.3 Å². The summed E-state index contributed by atoms with van der Waals surface area (Å²) in [5.74, 6) is 0. The molecule has 2 aromatic carbocycles. The number of nitrogens with one attached hydrogen (secondary N) is 2. The summed E-state index contributed by atoms with van der Waals surface area (Å²) in [5, 5.41) is 1.10. The van der Waals surface area contributed by atoms with Crippen LogP contribution in [0.2, 0.25) is 10.0 Å². The van der Waals surface area contributed by atoms with Gasteiger partial charge in [-0.3, -0.25) is 0 Å². The smallest absolute Gasteiger partial charge is 0.697 e. The van der Waals surface area contributed by atoms with Gasteiger partial charge in [0.25, 0.3) is 0 Å². The van der Waals surface area contributed by atoms with Gasteiger partial charge in [-0.2, -0.15) is 0 Å². The van der Waals surface area contributed by atoms with Crippen molar-refractivity contribution in [2.45, 2.75) is 0 Å². The molecule has 0 aliphatic heterocycles. The van der Waals surface area contributed by atoms with Gasteiger partial charge in [0.1, 0.15) is 0 Å². The topological polar surface area (TPSA) is 99.6 Å². The third-order valence-electron chi connectivity index (χ3n) is 2.03. The van der Waals surface area contributed by atoms with Crippen LogP contribution in [0.5, 0.6) is 0 Å². The Hall–Kier alpha value is -1.29. The first-order chi connectivity index (χ1) is 8.40. The summed E-state index contributed by atoms with van der Waals surface area (Å²) >= 11 is 11.1. The Bertz CT molecular complexity index is 500. The Kier molecular flexibility index (Phi) is 7.46. The minimum absolute atomic E-state index is 0. The molecule has 0 unspecified atom stereocenters. The number of anilines is 2. The zero-order valence-electron chi connectivity index (χ0n) is 9.69. The summed E-state index contributed by atoms with van der Waals surface area (Å²) in [6, 6.07) is 9.58. The molecule has 0 saturated heterocycles. The van der Waals surface area contributed by atoms with E-state index < -0.39 is 0 Å². The summed E-state index contributed by atoms with van der Waals surface area (Å²) in [6.07, 6.45) is 0. The maximum absolute atomic E-state index is 7.15. The van der Waals surface area contributed by atoms with Crippen molar-refractivity contribution in [1.29, 1.82) is 0 Å². The molecule has 0 amide bonds. The minimum atomic E-state index is 0. The number of hydrogen-bond donors (Lipinski definition) is 2. The molecular formula is C12H12Cl2N4Ni. The summed E-state index contributed by atoms with van der Waals surface area (Å²) < 4.78 is 0. The van der Waals surface area contributed by atoms with Crippen molar-refractivity contribution >= 4 is 46.0 Å². The van der Waals surface area contributed by atoms with E-state index in [0.717, 1.165) is 0 Å². The average Bonchev–Trinajstić information content (AvgIpc) is 2.30. The molecule has 0 radical (unpaired) electrons. The molecule has 104 valence electrons. The Morgan fingerprint density at radius 1 is 0.737 bits per heavy atom. The molecule has 0 fully saturated rings. The van der Waals surface area contributed by atoms with Crippen molar-refractivity contribution in [3.05, 3.63) is 57.9 Å². The van der Waals surface area contributed by atoms with E-state index in [1.807, 2.05) is 0 Å². The van der Waals surface area contributed by atoms with Crippen LogP contribution in [0.1, 0.15) is 0 Å². The molecule has 0 atom stereocenters. The monoisotopic (exact) mass is 340 g/mol. The maximum atomic E-state index is 7.15. The molecule has 2 aromatic rings. The summed E-state index contributed by atoms with van der Waals surface area (Å²) in [7, 11) is 0. The number of rotatable bonds is 0. The second kappa shape index (κ2) is 8.00. The standard InChI is InChI=1S/2C6H6ClN2.Ni/c2*7-4-1-2-5(8)6(9)3-4;/h2*1-3,9H,8H2;/q2*-1;+2. The minimum Gasteiger partial charge on any atom is -0.697 e. The van der Waals surface area contributed by atoms with Gasteiger partial charge in [-0.15, -0.1) is 11.4 Å². The van der Waals surface area contributed by atoms with Crippen molar-refractivity contribution in [3.8, 4) is 0 Å². The fourth-order valence-corrected chi connectivity index (χ4v) is 1.40. The Balaban J connectivity index is 0.000000324. The van der Waals surface area contributed by atoms with E-state index in [4.69, 9.17) is 46.1 Å². The summed E-state index contributed by atoms with van der Waals surface area (Å²) in [4.78, 5) is 0. The molecule has 4 nitrogen and oxygen atoms in total. The zero-order chi connectivity index (χ0) is 13.7. The molecule has 0 aromatic heterocycles. The van der Waals surface area contributed by atoms with E-state index in [1.165, 1.54) is 12.1 Å². The molecule has 6 N–H and O–H groups in total. The second-order valence-corrected chi connectivity index (χ2v) is 4.34. The Morgan fingerprint density at radius 2 is 1.05 bits per heavy atom. The summed E-state index contributed by atoms with van der Waals surface area (Å²) in [5.41, 5.74) is 26.5. The number of nitrogen functional groups attached to an aromatic ring is 2. The van der Waals surface area contributed by atoms with Crippen molar-refractivity contribution < 1.29 is 16.5 Å². The van der Waals surface area contributed by atoms with Gasteiger partial charge in [-0.25, -0.2) is 0 Å². The van der Waals surface area contributed by atoms with E-state index in [9.17, 15) is 0 Å². The number of nitrogens with two attached hydrogens (primary N) is 2.